The monoisotopic (exact) mass is 252 g/mol. The average molecular weight is 252 g/mol. The van der Waals surface area contributed by atoms with Gasteiger partial charge in [-0.15, -0.1) is 16.8 Å². The Morgan fingerprint density at radius 3 is 3.00 bits per heavy atom. The van der Waals surface area contributed by atoms with Crippen molar-refractivity contribution in [3.8, 4) is 0 Å². The fourth-order valence-corrected chi connectivity index (χ4v) is 2.38. The lowest BCUT2D eigenvalue weighted by Crippen LogP contribution is -2.59. The van der Waals surface area contributed by atoms with Gasteiger partial charge in [-0.05, 0) is 13.3 Å². The lowest BCUT2D eigenvalue weighted by atomic mass is 10.1. The molecule has 1 fully saturated rings. The molecule has 2 heterocycles. The molecule has 6 heteroatoms. The van der Waals surface area contributed by atoms with Gasteiger partial charge in [-0.2, -0.15) is 0 Å². The highest BCUT2D eigenvalue weighted by Crippen LogP contribution is 2.24. The van der Waals surface area contributed by atoms with Crippen LogP contribution >= 0.6 is 11.3 Å². The predicted octanol–water partition coefficient (Wildman–Crippen LogP) is 1.12. The molecular weight excluding hydrogens is 236 g/mol. The van der Waals surface area contributed by atoms with Crippen molar-refractivity contribution in [3.63, 3.8) is 0 Å². The maximum absolute atomic E-state index is 11.4. The van der Waals surface area contributed by atoms with E-state index >= 15 is 0 Å². The molecule has 0 bridgehead atoms. The molecule has 1 aliphatic heterocycles. The van der Waals surface area contributed by atoms with Gasteiger partial charge in [-0.3, -0.25) is 4.79 Å². The molecule has 0 aromatic carbocycles. The second kappa shape index (κ2) is 5.27. The van der Waals surface area contributed by atoms with Gasteiger partial charge in [0.05, 0.1) is 6.04 Å². The number of allylic oxidation sites excluding steroid dienone is 1. The summed E-state index contributed by atoms with van der Waals surface area (Å²) in [6.07, 6.45) is 3.02. The highest BCUT2D eigenvalue weighted by molar-refractivity contribution is 7.15. The number of nitrogens with zero attached hydrogens (tertiary/aromatic N) is 3. The number of amides is 1. The van der Waals surface area contributed by atoms with Crippen LogP contribution in [0.25, 0.3) is 0 Å². The minimum absolute atomic E-state index is 0.1000. The van der Waals surface area contributed by atoms with Crippen LogP contribution in [0.1, 0.15) is 17.8 Å². The van der Waals surface area contributed by atoms with Crippen LogP contribution in [0, 0.1) is 6.92 Å². The molecule has 0 radical (unpaired) electrons. The van der Waals surface area contributed by atoms with Crippen molar-refractivity contribution in [1.82, 2.24) is 15.5 Å². The van der Waals surface area contributed by atoms with Crippen LogP contribution in [0.15, 0.2) is 12.7 Å². The van der Waals surface area contributed by atoms with E-state index in [1.165, 1.54) is 0 Å². The van der Waals surface area contributed by atoms with Gasteiger partial charge in [0.15, 0.2) is 0 Å². The summed E-state index contributed by atoms with van der Waals surface area (Å²) < 4.78 is 0. The van der Waals surface area contributed by atoms with Crippen LogP contribution in [-0.4, -0.2) is 35.2 Å². The van der Waals surface area contributed by atoms with E-state index in [4.69, 9.17) is 0 Å². The molecule has 1 amide bonds. The fourth-order valence-electron chi connectivity index (χ4n) is 1.67. The smallest absolute Gasteiger partial charge is 0.220 e. The molecule has 0 saturated carbocycles. The SMILES string of the molecule is C=CCCC(=O)NC1CN(c2nnc(C)s2)C1. The van der Waals surface area contributed by atoms with Gasteiger partial charge in [-0.25, -0.2) is 0 Å². The molecule has 2 rings (SSSR count). The summed E-state index contributed by atoms with van der Waals surface area (Å²) in [5.41, 5.74) is 0. The normalized spacial score (nSPS) is 15.5. The number of aryl methyl sites for hydroxylation is 1. The summed E-state index contributed by atoms with van der Waals surface area (Å²) in [5, 5.41) is 12.9. The van der Waals surface area contributed by atoms with E-state index in [1.807, 2.05) is 6.92 Å². The Morgan fingerprint density at radius 1 is 1.65 bits per heavy atom. The van der Waals surface area contributed by atoms with E-state index in [9.17, 15) is 4.79 Å². The number of rotatable bonds is 5. The summed E-state index contributed by atoms with van der Waals surface area (Å²) in [4.78, 5) is 13.6. The summed E-state index contributed by atoms with van der Waals surface area (Å²) in [6, 6.07) is 0.247. The Kier molecular flexibility index (Phi) is 3.73. The Morgan fingerprint density at radius 2 is 2.41 bits per heavy atom. The highest BCUT2D eigenvalue weighted by atomic mass is 32.1. The number of anilines is 1. The first-order valence-electron chi connectivity index (χ1n) is 5.64. The molecule has 1 aromatic heterocycles. The van der Waals surface area contributed by atoms with E-state index in [1.54, 1.807) is 17.4 Å². The minimum Gasteiger partial charge on any atom is -0.350 e. The molecule has 1 aromatic rings. The first-order valence-corrected chi connectivity index (χ1v) is 6.46. The van der Waals surface area contributed by atoms with Crippen molar-refractivity contribution in [2.24, 2.45) is 0 Å². The molecule has 17 heavy (non-hydrogen) atoms. The molecule has 0 unspecified atom stereocenters. The molecule has 92 valence electrons. The van der Waals surface area contributed by atoms with Crippen LogP contribution in [0.2, 0.25) is 0 Å². The second-order valence-electron chi connectivity index (χ2n) is 4.10. The number of carbonyl (C=O) groups excluding carboxylic acids is 1. The first-order chi connectivity index (χ1) is 8.19. The van der Waals surface area contributed by atoms with Gasteiger partial charge >= 0.3 is 0 Å². The molecular formula is C11H16N4OS. The van der Waals surface area contributed by atoms with Crippen LogP contribution in [0.3, 0.4) is 0 Å². The van der Waals surface area contributed by atoms with Gasteiger partial charge in [0.25, 0.3) is 0 Å². The zero-order chi connectivity index (χ0) is 12.3. The fraction of sp³-hybridized carbons (Fsp3) is 0.545. The van der Waals surface area contributed by atoms with Crippen LogP contribution in [0.4, 0.5) is 5.13 Å². The minimum atomic E-state index is 0.1000. The average Bonchev–Trinajstić information content (AvgIpc) is 2.66. The lowest BCUT2D eigenvalue weighted by Gasteiger charge is -2.39. The van der Waals surface area contributed by atoms with Gasteiger partial charge in [0, 0.05) is 19.5 Å². The Labute approximate surface area is 105 Å². The Hall–Kier alpha value is -1.43. The van der Waals surface area contributed by atoms with Crippen molar-refractivity contribution in [2.75, 3.05) is 18.0 Å². The summed E-state index contributed by atoms with van der Waals surface area (Å²) >= 11 is 1.58. The summed E-state index contributed by atoms with van der Waals surface area (Å²) in [5.74, 6) is 0.1000. The molecule has 5 nitrogen and oxygen atoms in total. The quantitative estimate of drug-likeness (QED) is 0.798. The summed E-state index contributed by atoms with van der Waals surface area (Å²) in [7, 11) is 0. The molecule has 0 spiro atoms. The largest absolute Gasteiger partial charge is 0.350 e. The van der Waals surface area contributed by atoms with Crippen LogP contribution in [-0.2, 0) is 4.79 Å². The third kappa shape index (κ3) is 3.03. The zero-order valence-electron chi connectivity index (χ0n) is 9.85. The third-order valence-corrected chi connectivity index (χ3v) is 3.51. The van der Waals surface area contributed by atoms with Crippen LogP contribution in [0.5, 0.6) is 0 Å². The van der Waals surface area contributed by atoms with Crippen molar-refractivity contribution in [1.29, 1.82) is 0 Å². The molecule has 1 aliphatic rings. The zero-order valence-corrected chi connectivity index (χ0v) is 10.7. The first kappa shape index (κ1) is 12.0. The molecule has 0 aliphatic carbocycles. The van der Waals surface area contributed by atoms with Crippen molar-refractivity contribution in [2.45, 2.75) is 25.8 Å². The molecule has 1 N–H and O–H groups in total. The summed E-state index contributed by atoms with van der Waals surface area (Å²) in [6.45, 7) is 7.19. The number of nitrogens with one attached hydrogen (secondary N) is 1. The molecule has 1 saturated heterocycles. The van der Waals surface area contributed by atoms with Gasteiger partial charge < -0.3 is 10.2 Å². The van der Waals surface area contributed by atoms with E-state index in [2.05, 4.69) is 27.0 Å². The number of hydrogen-bond donors (Lipinski definition) is 1. The topological polar surface area (TPSA) is 58.1 Å². The van der Waals surface area contributed by atoms with E-state index in [0.29, 0.717) is 6.42 Å². The van der Waals surface area contributed by atoms with E-state index < -0.39 is 0 Å². The van der Waals surface area contributed by atoms with Gasteiger partial charge in [0.2, 0.25) is 11.0 Å². The van der Waals surface area contributed by atoms with Crippen molar-refractivity contribution < 1.29 is 4.79 Å². The van der Waals surface area contributed by atoms with Crippen molar-refractivity contribution >= 4 is 22.4 Å². The van der Waals surface area contributed by atoms with Gasteiger partial charge in [-0.1, -0.05) is 17.4 Å². The Balaban J connectivity index is 1.72. The predicted molar refractivity (Wildman–Crippen MR) is 68.2 cm³/mol. The van der Waals surface area contributed by atoms with Gasteiger partial charge in [0.1, 0.15) is 5.01 Å². The Bertz CT molecular complexity index is 411. The van der Waals surface area contributed by atoms with E-state index in [-0.39, 0.29) is 11.9 Å². The lowest BCUT2D eigenvalue weighted by molar-refractivity contribution is -0.121. The van der Waals surface area contributed by atoms with Crippen molar-refractivity contribution in [3.05, 3.63) is 17.7 Å². The number of carbonyl (C=O) groups is 1. The highest BCUT2D eigenvalue weighted by Gasteiger charge is 2.29. The second-order valence-corrected chi connectivity index (χ2v) is 5.26. The van der Waals surface area contributed by atoms with Crippen LogP contribution < -0.4 is 10.2 Å². The standard InChI is InChI=1S/C11H16N4OS/c1-3-4-5-10(16)12-9-6-15(7-9)11-14-13-8(2)17-11/h3,9H,1,4-7H2,2H3,(H,12,16). The number of hydrogen-bond acceptors (Lipinski definition) is 5. The number of aromatic nitrogens is 2. The molecule has 0 atom stereocenters. The maximum Gasteiger partial charge on any atom is 0.220 e. The van der Waals surface area contributed by atoms with E-state index in [0.717, 1.165) is 29.6 Å². The maximum atomic E-state index is 11.4. The third-order valence-electron chi connectivity index (χ3n) is 2.61.